The van der Waals surface area contributed by atoms with Crippen molar-refractivity contribution in [2.24, 2.45) is 11.7 Å². The second-order valence-corrected chi connectivity index (χ2v) is 4.25. The van der Waals surface area contributed by atoms with Crippen molar-refractivity contribution in [3.8, 4) is 0 Å². The number of aliphatic hydroxyl groups excluding tert-OH is 1. The zero-order valence-corrected chi connectivity index (χ0v) is 9.13. The van der Waals surface area contributed by atoms with Gasteiger partial charge in [0.15, 0.2) is 0 Å². The maximum Gasteiger partial charge on any atom is 0.306 e. The van der Waals surface area contributed by atoms with Gasteiger partial charge >= 0.3 is 5.97 Å². The van der Waals surface area contributed by atoms with Crippen molar-refractivity contribution in [2.75, 3.05) is 19.6 Å². The van der Waals surface area contributed by atoms with E-state index in [1.165, 1.54) is 0 Å². The van der Waals surface area contributed by atoms with Crippen LogP contribution in [0.1, 0.15) is 19.3 Å². The van der Waals surface area contributed by atoms with Crippen LogP contribution in [0.2, 0.25) is 0 Å². The average molecular weight is 230 g/mol. The number of rotatable bonds is 5. The molecule has 1 heterocycles. The summed E-state index contributed by atoms with van der Waals surface area (Å²) in [6.45, 7) is 1.59. The third-order valence-electron chi connectivity index (χ3n) is 2.79. The van der Waals surface area contributed by atoms with Crippen molar-refractivity contribution in [1.82, 2.24) is 4.90 Å². The lowest BCUT2D eigenvalue weighted by Crippen LogP contribution is -2.44. The van der Waals surface area contributed by atoms with E-state index >= 15 is 0 Å². The number of aliphatic carboxylic acids is 1. The van der Waals surface area contributed by atoms with E-state index in [4.69, 9.17) is 10.8 Å². The largest absolute Gasteiger partial charge is 0.481 e. The smallest absolute Gasteiger partial charge is 0.306 e. The molecule has 2 atom stereocenters. The molecule has 6 nitrogen and oxygen atoms in total. The maximum atomic E-state index is 11.0. The molecule has 1 aliphatic heterocycles. The molecule has 6 heteroatoms. The van der Waals surface area contributed by atoms with Crippen molar-refractivity contribution in [3.63, 3.8) is 0 Å². The van der Waals surface area contributed by atoms with E-state index in [1.54, 1.807) is 0 Å². The van der Waals surface area contributed by atoms with Crippen LogP contribution in [0, 0.1) is 5.92 Å². The Bertz CT molecular complexity index is 270. The van der Waals surface area contributed by atoms with Crippen LogP contribution in [0.5, 0.6) is 0 Å². The predicted molar refractivity (Wildman–Crippen MR) is 56.6 cm³/mol. The Morgan fingerprint density at radius 3 is 2.75 bits per heavy atom. The van der Waals surface area contributed by atoms with Crippen LogP contribution in [0.15, 0.2) is 0 Å². The number of likely N-dealkylation sites (tertiary alicyclic amines) is 1. The Morgan fingerprint density at radius 1 is 1.50 bits per heavy atom. The molecule has 0 saturated carbocycles. The summed E-state index contributed by atoms with van der Waals surface area (Å²) >= 11 is 0. The highest BCUT2D eigenvalue weighted by atomic mass is 16.4. The van der Waals surface area contributed by atoms with E-state index in [0.717, 1.165) is 19.4 Å². The second kappa shape index (κ2) is 5.81. The third kappa shape index (κ3) is 4.16. The lowest BCUT2D eigenvalue weighted by Gasteiger charge is -2.32. The number of aliphatic hydroxyl groups is 1. The number of nitrogens with zero attached hydrogens (tertiary/aromatic N) is 1. The fourth-order valence-electron chi connectivity index (χ4n) is 2.02. The molecule has 0 radical (unpaired) electrons. The summed E-state index contributed by atoms with van der Waals surface area (Å²) in [5, 5.41) is 18.0. The first-order chi connectivity index (χ1) is 7.49. The molecule has 0 spiro atoms. The van der Waals surface area contributed by atoms with Gasteiger partial charge in [-0.3, -0.25) is 14.5 Å². The van der Waals surface area contributed by atoms with Crippen LogP contribution in [-0.4, -0.2) is 52.7 Å². The van der Waals surface area contributed by atoms with Gasteiger partial charge in [0.05, 0.1) is 18.4 Å². The van der Waals surface area contributed by atoms with E-state index in [-0.39, 0.29) is 24.8 Å². The molecule has 0 aliphatic carbocycles. The van der Waals surface area contributed by atoms with Gasteiger partial charge in [0.2, 0.25) is 5.91 Å². The molecular weight excluding hydrogens is 212 g/mol. The van der Waals surface area contributed by atoms with E-state index in [1.807, 2.05) is 4.90 Å². The first-order valence-corrected chi connectivity index (χ1v) is 5.40. The molecule has 16 heavy (non-hydrogen) atoms. The Kier molecular flexibility index (Phi) is 4.70. The van der Waals surface area contributed by atoms with Crippen LogP contribution in [0.4, 0.5) is 0 Å². The SMILES string of the molecule is NC(=O)C1CCCN(CC(O)CC(=O)O)C1. The minimum Gasteiger partial charge on any atom is -0.481 e. The van der Waals surface area contributed by atoms with Crippen LogP contribution in [0.3, 0.4) is 0 Å². The van der Waals surface area contributed by atoms with Crippen molar-refractivity contribution < 1.29 is 19.8 Å². The highest BCUT2D eigenvalue weighted by Crippen LogP contribution is 2.16. The van der Waals surface area contributed by atoms with Crippen molar-refractivity contribution in [2.45, 2.75) is 25.4 Å². The molecular formula is C10H18N2O4. The minimum atomic E-state index is -1.02. The Balaban J connectivity index is 2.36. The molecule has 1 amide bonds. The minimum absolute atomic E-state index is 0.175. The molecule has 0 aromatic rings. The van der Waals surface area contributed by atoms with Gasteiger partial charge in [-0.1, -0.05) is 0 Å². The standard InChI is InChI=1S/C10H18N2O4/c11-10(16)7-2-1-3-12(5-7)6-8(13)4-9(14)15/h7-8,13H,1-6H2,(H2,11,16)(H,14,15). The summed E-state index contributed by atoms with van der Waals surface area (Å²) in [5.74, 6) is -1.51. The number of carboxylic acid groups (broad SMARTS) is 1. The number of hydrogen-bond donors (Lipinski definition) is 3. The number of hydrogen-bond acceptors (Lipinski definition) is 4. The normalized spacial score (nSPS) is 23.9. The first kappa shape index (κ1) is 12.9. The van der Waals surface area contributed by atoms with Crippen molar-refractivity contribution >= 4 is 11.9 Å². The fraction of sp³-hybridized carbons (Fsp3) is 0.800. The molecule has 4 N–H and O–H groups in total. The summed E-state index contributed by atoms with van der Waals surface area (Å²) in [6, 6.07) is 0. The number of primary amides is 1. The van der Waals surface area contributed by atoms with E-state index < -0.39 is 12.1 Å². The van der Waals surface area contributed by atoms with E-state index in [2.05, 4.69) is 0 Å². The summed E-state index contributed by atoms with van der Waals surface area (Å²) < 4.78 is 0. The zero-order chi connectivity index (χ0) is 12.1. The summed E-state index contributed by atoms with van der Waals surface area (Å²) in [6.07, 6.45) is 0.482. The zero-order valence-electron chi connectivity index (χ0n) is 9.13. The van der Waals surface area contributed by atoms with Gasteiger partial charge in [0.1, 0.15) is 0 Å². The molecule has 1 saturated heterocycles. The van der Waals surface area contributed by atoms with Crippen LogP contribution >= 0.6 is 0 Å². The monoisotopic (exact) mass is 230 g/mol. The Hall–Kier alpha value is -1.14. The number of carboxylic acids is 1. The first-order valence-electron chi connectivity index (χ1n) is 5.40. The molecule has 1 aliphatic rings. The highest BCUT2D eigenvalue weighted by molar-refractivity contribution is 5.76. The van der Waals surface area contributed by atoms with Gasteiger partial charge in [-0.2, -0.15) is 0 Å². The van der Waals surface area contributed by atoms with Gasteiger partial charge < -0.3 is 15.9 Å². The maximum absolute atomic E-state index is 11.0. The van der Waals surface area contributed by atoms with Gasteiger partial charge in [-0.15, -0.1) is 0 Å². The van der Waals surface area contributed by atoms with Crippen molar-refractivity contribution in [1.29, 1.82) is 0 Å². The number of nitrogens with two attached hydrogens (primary N) is 1. The number of amides is 1. The van der Waals surface area contributed by atoms with Gasteiger partial charge in [-0.05, 0) is 19.4 Å². The van der Waals surface area contributed by atoms with Crippen LogP contribution in [-0.2, 0) is 9.59 Å². The van der Waals surface area contributed by atoms with Crippen molar-refractivity contribution in [3.05, 3.63) is 0 Å². The molecule has 1 rings (SSSR count). The lowest BCUT2D eigenvalue weighted by atomic mass is 9.97. The number of β-amino-alcohol motifs (C(OH)–C–C–N with tert-alkyl or cyclic N) is 1. The highest BCUT2D eigenvalue weighted by Gasteiger charge is 2.25. The summed E-state index contributed by atoms with van der Waals surface area (Å²) in [5.41, 5.74) is 5.22. The average Bonchev–Trinajstić information content (AvgIpc) is 2.16. The third-order valence-corrected chi connectivity index (χ3v) is 2.79. The second-order valence-electron chi connectivity index (χ2n) is 4.25. The molecule has 1 fully saturated rings. The topological polar surface area (TPSA) is 104 Å². The van der Waals surface area contributed by atoms with Gasteiger partial charge in [0, 0.05) is 13.1 Å². The van der Waals surface area contributed by atoms with Gasteiger partial charge in [-0.25, -0.2) is 0 Å². The number of carbonyl (C=O) groups is 2. The molecule has 92 valence electrons. The fourth-order valence-corrected chi connectivity index (χ4v) is 2.02. The van der Waals surface area contributed by atoms with E-state index in [9.17, 15) is 14.7 Å². The van der Waals surface area contributed by atoms with Gasteiger partial charge in [0.25, 0.3) is 0 Å². The number of carbonyl (C=O) groups excluding carboxylic acids is 1. The summed E-state index contributed by atoms with van der Waals surface area (Å²) in [7, 11) is 0. The predicted octanol–water partition coefficient (Wildman–Crippen LogP) is -0.981. The molecule has 0 aromatic carbocycles. The molecule has 0 bridgehead atoms. The molecule has 0 aromatic heterocycles. The lowest BCUT2D eigenvalue weighted by molar-refractivity contribution is -0.139. The molecule has 2 unspecified atom stereocenters. The Morgan fingerprint density at radius 2 is 2.19 bits per heavy atom. The quantitative estimate of drug-likeness (QED) is 0.563. The number of piperidine rings is 1. The van der Waals surface area contributed by atoms with Crippen LogP contribution in [0.25, 0.3) is 0 Å². The van der Waals surface area contributed by atoms with E-state index in [0.29, 0.717) is 6.54 Å². The van der Waals surface area contributed by atoms with Crippen LogP contribution < -0.4 is 5.73 Å². The Labute approximate surface area is 94.0 Å². The summed E-state index contributed by atoms with van der Waals surface area (Å²) in [4.78, 5) is 23.3.